The lowest BCUT2D eigenvalue weighted by molar-refractivity contribution is -0.384. The van der Waals surface area contributed by atoms with E-state index in [-0.39, 0.29) is 11.6 Å². The van der Waals surface area contributed by atoms with Crippen LogP contribution in [0.5, 0.6) is 0 Å². The first kappa shape index (κ1) is 16.4. The van der Waals surface area contributed by atoms with Crippen molar-refractivity contribution in [2.24, 2.45) is 0 Å². The van der Waals surface area contributed by atoms with Crippen LogP contribution in [0, 0.1) is 10.1 Å². The zero-order chi connectivity index (χ0) is 18.1. The molecule has 0 N–H and O–H groups in total. The van der Waals surface area contributed by atoms with Crippen molar-refractivity contribution in [2.75, 3.05) is 31.1 Å². The normalized spacial score (nSPS) is 14.6. The maximum atomic E-state index is 12.5. The van der Waals surface area contributed by atoms with Gasteiger partial charge in [0.1, 0.15) is 5.69 Å². The smallest absolute Gasteiger partial charge is 0.272 e. The summed E-state index contributed by atoms with van der Waals surface area (Å²) in [5.41, 5.74) is 1.27. The maximum absolute atomic E-state index is 12.5. The second-order valence-electron chi connectivity index (χ2n) is 5.90. The van der Waals surface area contributed by atoms with Crippen LogP contribution in [-0.4, -0.2) is 51.9 Å². The van der Waals surface area contributed by atoms with Crippen molar-refractivity contribution in [3.05, 3.63) is 58.4 Å². The molecule has 0 aliphatic carbocycles. The van der Waals surface area contributed by atoms with E-state index in [1.165, 1.54) is 17.4 Å². The topological polar surface area (TPSA) is 92.5 Å². The highest BCUT2D eigenvalue weighted by Gasteiger charge is 2.24. The van der Waals surface area contributed by atoms with Crippen molar-refractivity contribution in [2.45, 2.75) is 0 Å². The minimum absolute atomic E-state index is 0.0647. The minimum atomic E-state index is -0.402. The van der Waals surface area contributed by atoms with Gasteiger partial charge in [0, 0.05) is 44.5 Å². The summed E-state index contributed by atoms with van der Waals surface area (Å²) in [5, 5.41) is 11.7. The molecule has 9 heteroatoms. The Bertz CT molecular complexity index is 967. The Hall–Kier alpha value is -3.07. The zero-order valence-electron chi connectivity index (χ0n) is 13.7. The highest BCUT2D eigenvalue weighted by atomic mass is 32.1. The molecule has 4 rings (SSSR count). The molecule has 1 aromatic carbocycles. The van der Waals surface area contributed by atoms with E-state index >= 15 is 0 Å². The number of non-ortho nitro benzene ring substituents is 1. The number of amides is 1. The van der Waals surface area contributed by atoms with Crippen LogP contribution in [0.1, 0.15) is 10.5 Å². The highest BCUT2D eigenvalue weighted by molar-refractivity contribution is 7.22. The molecule has 2 aromatic heterocycles. The van der Waals surface area contributed by atoms with Gasteiger partial charge in [-0.1, -0.05) is 17.4 Å². The first-order valence-electron chi connectivity index (χ1n) is 8.12. The predicted octanol–water partition coefficient (Wildman–Crippen LogP) is 2.56. The van der Waals surface area contributed by atoms with Crippen molar-refractivity contribution < 1.29 is 9.72 Å². The number of anilines is 1. The number of hydrogen-bond acceptors (Lipinski definition) is 7. The third-order valence-corrected chi connectivity index (χ3v) is 5.37. The number of nitrogens with zero attached hydrogens (tertiary/aromatic N) is 5. The molecule has 0 saturated carbocycles. The molecule has 0 spiro atoms. The summed E-state index contributed by atoms with van der Waals surface area (Å²) in [4.78, 5) is 35.5. The van der Waals surface area contributed by atoms with Gasteiger partial charge in [-0.25, -0.2) is 4.98 Å². The number of thiazole rings is 1. The number of fused-ring (bicyclic) bond motifs is 1. The number of hydrogen-bond donors (Lipinski definition) is 0. The van der Waals surface area contributed by atoms with Gasteiger partial charge >= 0.3 is 0 Å². The van der Waals surface area contributed by atoms with Crippen molar-refractivity contribution in [3.8, 4) is 0 Å². The largest absolute Gasteiger partial charge is 0.345 e. The van der Waals surface area contributed by atoms with Gasteiger partial charge in [0.05, 0.1) is 15.1 Å². The molecule has 1 saturated heterocycles. The van der Waals surface area contributed by atoms with Crippen LogP contribution in [0.25, 0.3) is 10.2 Å². The number of aromatic nitrogens is 2. The Morgan fingerprint density at radius 2 is 1.96 bits per heavy atom. The van der Waals surface area contributed by atoms with E-state index in [0.29, 0.717) is 31.9 Å². The molecule has 1 aliphatic rings. The summed E-state index contributed by atoms with van der Waals surface area (Å²) in [5.74, 6) is -0.0647. The molecular formula is C17H15N5O3S. The van der Waals surface area contributed by atoms with Crippen LogP contribution in [0.4, 0.5) is 10.8 Å². The fourth-order valence-corrected chi connectivity index (χ4v) is 3.95. The molecule has 3 heterocycles. The van der Waals surface area contributed by atoms with Crippen molar-refractivity contribution in [1.29, 1.82) is 0 Å². The molecule has 3 aromatic rings. The second kappa shape index (κ2) is 6.68. The molecule has 0 bridgehead atoms. The monoisotopic (exact) mass is 369 g/mol. The van der Waals surface area contributed by atoms with Crippen LogP contribution >= 0.6 is 11.3 Å². The summed E-state index contributed by atoms with van der Waals surface area (Å²) in [6, 6.07) is 10.00. The van der Waals surface area contributed by atoms with Crippen molar-refractivity contribution in [3.63, 3.8) is 0 Å². The lowest BCUT2D eigenvalue weighted by Crippen LogP contribution is -2.49. The molecule has 0 atom stereocenters. The Morgan fingerprint density at radius 3 is 2.65 bits per heavy atom. The first-order valence-corrected chi connectivity index (χ1v) is 8.94. The summed E-state index contributed by atoms with van der Waals surface area (Å²) in [6.07, 6.45) is 1.61. The highest BCUT2D eigenvalue weighted by Crippen LogP contribution is 2.31. The van der Waals surface area contributed by atoms with E-state index in [0.717, 1.165) is 15.3 Å². The zero-order valence-corrected chi connectivity index (χ0v) is 14.6. The number of pyridine rings is 1. The number of nitro benzene ring substituents is 1. The molecule has 0 unspecified atom stereocenters. The number of rotatable bonds is 3. The number of piperazine rings is 1. The van der Waals surface area contributed by atoms with E-state index in [1.54, 1.807) is 41.4 Å². The molecule has 0 radical (unpaired) electrons. The second-order valence-corrected chi connectivity index (χ2v) is 6.91. The van der Waals surface area contributed by atoms with Crippen LogP contribution in [0.2, 0.25) is 0 Å². The SMILES string of the molecule is O=C(c1ccccn1)N1CCN(c2nc3ccc([N+](=O)[O-])cc3s2)CC1. The average molecular weight is 369 g/mol. The van der Waals surface area contributed by atoms with Crippen LogP contribution < -0.4 is 4.90 Å². The van der Waals surface area contributed by atoms with Crippen LogP contribution in [0.15, 0.2) is 42.6 Å². The molecule has 132 valence electrons. The Kier molecular flexibility index (Phi) is 4.21. The summed E-state index contributed by atoms with van der Waals surface area (Å²) >= 11 is 1.44. The lowest BCUT2D eigenvalue weighted by atomic mass is 10.2. The van der Waals surface area contributed by atoms with Crippen molar-refractivity contribution >= 4 is 38.3 Å². The number of carbonyl (C=O) groups excluding carboxylic acids is 1. The Morgan fingerprint density at radius 1 is 1.15 bits per heavy atom. The molecule has 1 aliphatic heterocycles. The maximum Gasteiger partial charge on any atom is 0.272 e. The van der Waals surface area contributed by atoms with E-state index < -0.39 is 4.92 Å². The molecule has 26 heavy (non-hydrogen) atoms. The van der Waals surface area contributed by atoms with Gasteiger partial charge in [-0.05, 0) is 18.2 Å². The molecule has 8 nitrogen and oxygen atoms in total. The Labute approximate surface area is 152 Å². The number of benzene rings is 1. The summed E-state index contributed by atoms with van der Waals surface area (Å²) in [7, 11) is 0. The fourth-order valence-electron chi connectivity index (χ4n) is 2.90. The standard InChI is InChI=1S/C17H15N5O3S/c23-16(14-3-1-2-6-18-14)20-7-9-21(10-8-20)17-19-13-5-4-12(22(24)25)11-15(13)26-17/h1-6,11H,7-10H2. The minimum Gasteiger partial charge on any atom is -0.345 e. The lowest BCUT2D eigenvalue weighted by Gasteiger charge is -2.34. The fraction of sp³-hybridized carbons (Fsp3) is 0.235. The van der Waals surface area contributed by atoms with Gasteiger partial charge in [0.15, 0.2) is 5.13 Å². The van der Waals surface area contributed by atoms with Gasteiger partial charge in [-0.15, -0.1) is 0 Å². The van der Waals surface area contributed by atoms with Gasteiger partial charge in [0.2, 0.25) is 0 Å². The first-order chi connectivity index (χ1) is 12.6. The van der Waals surface area contributed by atoms with Crippen LogP contribution in [0.3, 0.4) is 0 Å². The van der Waals surface area contributed by atoms with Crippen molar-refractivity contribution in [1.82, 2.24) is 14.9 Å². The van der Waals surface area contributed by atoms with Crippen LogP contribution in [-0.2, 0) is 0 Å². The average Bonchev–Trinajstić information content (AvgIpc) is 3.11. The van der Waals surface area contributed by atoms with E-state index in [2.05, 4.69) is 14.9 Å². The third kappa shape index (κ3) is 3.08. The summed E-state index contributed by atoms with van der Waals surface area (Å²) in [6.45, 7) is 2.51. The predicted molar refractivity (Wildman–Crippen MR) is 98.6 cm³/mol. The van der Waals surface area contributed by atoms with E-state index in [4.69, 9.17) is 0 Å². The molecule has 1 fully saturated rings. The number of carbonyl (C=O) groups is 1. The van der Waals surface area contributed by atoms with Gasteiger partial charge in [-0.3, -0.25) is 19.9 Å². The van der Waals surface area contributed by atoms with Gasteiger partial charge in [-0.2, -0.15) is 0 Å². The van der Waals surface area contributed by atoms with Gasteiger partial charge in [0.25, 0.3) is 11.6 Å². The third-order valence-electron chi connectivity index (χ3n) is 4.29. The quantitative estimate of drug-likeness (QED) is 0.520. The number of nitro groups is 1. The Balaban J connectivity index is 1.47. The van der Waals surface area contributed by atoms with Gasteiger partial charge < -0.3 is 9.80 Å². The molecular weight excluding hydrogens is 354 g/mol. The van der Waals surface area contributed by atoms with E-state index in [1.807, 2.05) is 0 Å². The van der Waals surface area contributed by atoms with E-state index in [9.17, 15) is 14.9 Å². The molecule has 1 amide bonds. The summed E-state index contributed by atoms with van der Waals surface area (Å²) < 4.78 is 0.793.